The van der Waals surface area contributed by atoms with E-state index in [4.69, 9.17) is 4.74 Å². The van der Waals surface area contributed by atoms with Crippen molar-refractivity contribution in [1.82, 2.24) is 10.2 Å². The average Bonchev–Trinajstić information content (AvgIpc) is 2.72. The Balaban J connectivity index is 2.17. The van der Waals surface area contributed by atoms with Gasteiger partial charge in [0, 0.05) is 6.54 Å². The van der Waals surface area contributed by atoms with Crippen LogP contribution in [0.4, 0.5) is 0 Å². The molecule has 0 saturated carbocycles. The van der Waals surface area contributed by atoms with E-state index >= 15 is 0 Å². The molecule has 4 nitrogen and oxygen atoms in total. The molecular weight excluding hydrogens is 216 g/mol. The maximum Gasteiger partial charge on any atom is 0.238 e. The highest BCUT2D eigenvalue weighted by Gasteiger charge is 2.30. The van der Waals surface area contributed by atoms with Gasteiger partial charge in [0.15, 0.2) is 0 Å². The van der Waals surface area contributed by atoms with E-state index < -0.39 is 0 Å². The zero-order valence-corrected chi connectivity index (χ0v) is 10.3. The number of carbonyl (C=O) groups excluding carboxylic acids is 1. The molecule has 1 atom stereocenters. The van der Waals surface area contributed by atoms with Gasteiger partial charge in [-0.25, -0.2) is 0 Å². The van der Waals surface area contributed by atoms with Gasteiger partial charge in [0.1, 0.15) is 11.9 Å². The van der Waals surface area contributed by atoms with E-state index in [0.29, 0.717) is 6.54 Å². The molecule has 1 fully saturated rings. The van der Waals surface area contributed by atoms with Crippen LogP contribution in [-0.2, 0) is 4.79 Å². The largest absolute Gasteiger partial charge is 0.497 e. The summed E-state index contributed by atoms with van der Waals surface area (Å²) in [5.41, 5.74) is 1.10. The van der Waals surface area contributed by atoms with Gasteiger partial charge in [-0.15, -0.1) is 0 Å². The van der Waals surface area contributed by atoms with E-state index in [1.54, 1.807) is 7.11 Å². The number of hydrogen-bond acceptors (Lipinski definition) is 3. The predicted octanol–water partition coefficient (Wildman–Crippen LogP) is 1.54. The molecule has 0 bridgehead atoms. The quantitative estimate of drug-likeness (QED) is 0.859. The Kier molecular flexibility index (Phi) is 3.64. The minimum absolute atomic E-state index is 0.00774. The fraction of sp³-hybridized carbons (Fsp3) is 0.462. The van der Waals surface area contributed by atoms with Crippen molar-refractivity contribution in [3.05, 3.63) is 29.8 Å². The monoisotopic (exact) mass is 234 g/mol. The molecule has 1 aliphatic heterocycles. The second kappa shape index (κ2) is 5.19. The molecule has 17 heavy (non-hydrogen) atoms. The van der Waals surface area contributed by atoms with Crippen LogP contribution >= 0.6 is 0 Å². The Morgan fingerprint density at radius 1 is 1.41 bits per heavy atom. The van der Waals surface area contributed by atoms with E-state index in [-0.39, 0.29) is 12.1 Å². The Bertz CT molecular complexity index is 389. The van der Waals surface area contributed by atoms with Crippen molar-refractivity contribution in [2.24, 2.45) is 0 Å². The van der Waals surface area contributed by atoms with Crippen molar-refractivity contribution in [3.8, 4) is 5.75 Å². The number of methoxy groups -OCH3 is 1. The van der Waals surface area contributed by atoms with Crippen molar-refractivity contribution in [1.29, 1.82) is 0 Å². The second-order valence-corrected chi connectivity index (χ2v) is 4.14. The summed E-state index contributed by atoms with van der Waals surface area (Å²) in [5, 5.41) is 3.23. The molecule has 0 aromatic heterocycles. The summed E-state index contributed by atoms with van der Waals surface area (Å²) >= 11 is 0. The molecule has 1 aliphatic rings. The lowest BCUT2D eigenvalue weighted by molar-refractivity contribution is -0.128. The number of nitrogens with one attached hydrogen (secondary N) is 1. The third kappa shape index (κ3) is 2.42. The number of hydrogen-bond donors (Lipinski definition) is 1. The number of ether oxygens (including phenoxy) is 1. The van der Waals surface area contributed by atoms with Crippen molar-refractivity contribution in [2.45, 2.75) is 19.5 Å². The highest BCUT2D eigenvalue weighted by molar-refractivity contribution is 5.80. The number of rotatable bonds is 4. The number of nitrogens with zero attached hydrogens (tertiary/aromatic N) is 1. The fourth-order valence-electron chi connectivity index (χ4n) is 2.12. The minimum Gasteiger partial charge on any atom is -0.497 e. The summed E-state index contributed by atoms with van der Waals surface area (Å²) in [6, 6.07) is 7.84. The highest BCUT2D eigenvalue weighted by atomic mass is 16.5. The molecule has 0 aliphatic carbocycles. The van der Waals surface area contributed by atoms with E-state index in [2.05, 4.69) is 12.2 Å². The van der Waals surface area contributed by atoms with Crippen LogP contribution in [0.25, 0.3) is 0 Å². The fourth-order valence-corrected chi connectivity index (χ4v) is 2.12. The van der Waals surface area contributed by atoms with Crippen molar-refractivity contribution in [3.63, 3.8) is 0 Å². The summed E-state index contributed by atoms with van der Waals surface area (Å²) in [5.74, 6) is 1.01. The zero-order valence-electron chi connectivity index (χ0n) is 10.3. The van der Waals surface area contributed by atoms with Crippen LogP contribution in [0.3, 0.4) is 0 Å². The van der Waals surface area contributed by atoms with Crippen LogP contribution in [0, 0.1) is 0 Å². The number of carbonyl (C=O) groups is 1. The maximum atomic E-state index is 11.7. The first-order valence-corrected chi connectivity index (χ1v) is 5.93. The van der Waals surface area contributed by atoms with Crippen LogP contribution in [-0.4, -0.2) is 31.0 Å². The third-order valence-corrected chi connectivity index (χ3v) is 2.97. The topological polar surface area (TPSA) is 41.6 Å². The van der Waals surface area contributed by atoms with E-state index in [1.165, 1.54) is 0 Å². The summed E-state index contributed by atoms with van der Waals surface area (Å²) in [6.45, 7) is 3.30. The molecule has 1 aromatic carbocycles. The maximum absolute atomic E-state index is 11.7. The Morgan fingerprint density at radius 3 is 2.71 bits per heavy atom. The lowest BCUT2D eigenvalue weighted by Gasteiger charge is -2.24. The molecule has 2 rings (SSSR count). The molecule has 0 radical (unpaired) electrons. The summed E-state index contributed by atoms with van der Waals surface area (Å²) in [4.78, 5) is 13.6. The van der Waals surface area contributed by atoms with Gasteiger partial charge in [0.25, 0.3) is 0 Å². The van der Waals surface area contributed by atoms with E-state index in [9.17, 15) is 4.79 Å². The van der Waals surface area contributed by atoms with Crippen LogP contribution in [0.5, 0.6) is 5.75 Å². The first kappa shape index (κ1) is 11.9. The molecule has 1 saturated heterocycles. The molecule has 4 heteroatoms. The van der Waals surface area contributed by atoms with Gasteiger partial charge >= 0.3 is 0 Å². The number of amides is 1. The minimum atomic E-state index is 0.00774. The SMILES string of the molecule is CCCN1C(=O)CNC1c1ccc(OC)cc1. The van der Waals surface area contributed by atoms with E-state index in [1.807, 2.05) is 29.2 Å². The average molecular weight is 234 g/mol. The zero-order chi connectivity index (χ0) is 12.3. The Morgan fingerprint density at radius 2 is 2.12 bits per heavy atom. The molecule has 1 aromatic rings. The van der Waals surface area contributed by atoms with Gasteiger partial charge in [-0.1, -0.05) is 19.1 Å². The first-order chi connectivity index (χ1) is 8.26. The highest BCUT2D eigenvalue weighted by Crippen LogP contribution is 2.24. The molecule has 1 amide bonds. The van der Waals surface area contributed by atoms with Crippen LogP contribution < -0.4 is 10.1 Å². The van der Waals surface area contributed by atoms with Gasteiger partial charge in [-0.3, -0.25) is 10.1 Å². The first-order valence-electron chi connectivity index (χ1n) is 5.93. The predicted molar refractivity (Wildman–Crippen MR) is 65.7 cm³/mol. The molecule has 92 valence electrons. The summed E-state index contributed by atoms with van der Waals surface area (Å²) < 4.78 is 5.13. The van der Waals surface area contributed by atoms with Gasteiger partial charge in [-0.05, 0) is 24.1 Å². The molecule has 1 N–H and O–H groups in total. The molecule has 0 spiro atoms. The van der Waals surface area contributed by atoms with Crippen molar-refractivity contribution in [2.75, 3.05) is 20.2 Å². The lowest BCUT2D eigenvalue weighted by Crippen LogP contribution is -2.30. The Hall–Kier alpha value is -1.55. The summed E-state index contributed by atoms with van der Waals surface area (Å²) in [6.07, 6.45) is 0.980. The number of benzene rings is 1. The van der Waals surface area contributed by atoms with Gasteiger partial charge in [0.05, 0.1) is 13.7 Å². The van der Waals surface area contributed by atoms with Crippen LogP contribution in [0.15, 0.2) is 24.3 Å². The third-order valence-electron chi connectivity index (χ3n) is 2.97. The lowest BCUT2D eigenvalue weighted by atomic mass is 10.1. The van der Waals surface area contributed by atoms with Gasteiger partial charge < -0.3 is 9.64 Å². The normalized spacial score (nSPS) is 19.8. The van der Waals surface area contributed by atoms with Gasteiger partial charge in [0.2, 0.25) is 5.91 Å². The standard InChI is InChI=1S/C13H18N2O2/c1-3-8-15-12(16)9-14-13(15)10-4-6-11(17-2)7-5-10/h4-7,13-14H,3,8-9H2,1-2H3. The van der Waals surface area contributed by atoms with Crippen LogP contribution in [0.2, 0.25) is 0 Å². The molecule has 1 heterocycles. The van der Waals surface area contributed by atoms with E-state index in [0.717, 1.165) is 24.3 Å². The van der Waals surface area contributed by atoms with Crippen molar-refractivity contribution >= 4 is 5.91 Å². The molecular formula is C13H18N2O2. The molecule has 1 unspecified atom stereocenters. The van der Waals surface area contributed by atoms with Crippen LogP contribution in [0.1, 0.15) is 25.1 Å². The van der Waals surface area contributed by atoms with Gasteiger partial charge in [-0.2, -0.15) is 0 Å². The Labute approximate surface area is 102 Å². The smallest absolute Gasteiger partial charge is 0.238 e. The summed E-state index contributed by atoms with van der Waals surface area (Å²) in [7, 11) is 1.65. The second-order valence-electron chi connectivity index (χ2n) is 4.14. The van der Waals surface area contributed by atoms with Crippen molar-refractivity contribution < 1.29 is 9.53 Å².